The molecule has 32 heavy (non-hydrogen) atoms. The van der Waals surface area contributed by atoms with Gasteiger partial charge < -0.3 is 9.84 Å². The Bertz CT molecular complexity index is 1320. The van der Waals surface area contributed by atoms with Crippen LogP contribution >= 0.6 is 23.2 Å². The lowest BCUT2D eigenvalue weighted by atomic mass is 10.2. The summed E-state index contributed by atoms with van der Waals surface area (Å²) >= 11 is 12.1. The number of hydrogen-bond donors (Lipinski definition) is 1. The summed E-state index contributed by atoms with van der Waals surface area (Å²) in [6.07, 6.45) is -4.92. The second-order valence-electron chi connectivity index (χ2n) is 6.20. The Balaban J connectivity index is 1.98. The van der Waals surface area contributed by atoms with Crippen LogP contribution in [0.2, 0.25) is 10.0 Å². The highest BCUT2D eigenvalue weighted by Gasteiger charge is 2.35. The van der Waals surface area contributed by atoms with Crippen molar-refractivity contribution < 1.29 is 27.8 Å². The Morgan fingerprint density at radius 2 is 1.88 bits per heavy atom. The van der Waals surface area contributed by atoms with Gasteiger partial charge >= 0.3 is 17.8 Å². The highest BCUT2D eigenvalue weighted by molar-refractivity contribution is 6.36. The molecule has 0 radical (unpaired) electrons. The van der Waals surface area contributed by atoms with Crippen LogP contribution in [0.1, 0.15) is 11.5 Å². The van der Waals surface area contributed by atoms with Crippen molar-refractivity contribution in [2.24, 2.45) is 7.05 Å². The van der Waals surface area contributed by atoms with Gasteiger partial charge in [0.1, 0.15) is 11.4 Å². The molecule has 1 N–H and O–H groups in total. The molecular weight excluding hydrogens is 484 g/mol. The third-order valence-electron chi connectivity index (χ3n) is 3.98. The van der Waals surface area contributed by atoms with E-state index in [1.807, 2.05) is 0 Å². The van der Waals surface area contributed by atoms with Crippen LogP contribution < -0.4 is 16.0 Å². The summed E-state index contributed by atoms with van der Waals surface area (Å²) in [5.74, 6) is -1.31. The van der Waals surface area contributed by atoms with Gasteiger partial charge in [-0.15, -0.1) is 10.2 Å². The van der Waals surface area contributed by atoms with Crippen molar-refractivity contribution in [3.63, 3.8) is 0 Å². The zero-order chi connectivity index (χ0) is 23.8. The third-order valence-corrected chi connectivity index (χ3v) is 4.58. The number of halogens is 5. The van der Waals surface area contributed by atoms with E-state index in [0.29, 0.717) is 4.57 Å². The van der Waals surface area contributed by atoms with Crippen LogP contribution in [0.4, 0.5) is 13.2 Å². The summed E-state index contributed by atoms with van der Waals surface area (Å²) < 4.78 is 45.3. The molecule has 3 aromatic rings. The fraction of sp³-hybridized carbons (Fsp3) is 0.250. The molecule has 0 bridgehead atoms. The second-order valence-corrected chi connectivity index (χ2v) is 7.01. The molecule has 0 fully saturated rings. The van der Waals surface area contributed by atoms with Gasteiger partial charge in [-0.05, 0) is 11.3 Å². The van der Waals surface area contributed by atoms with Gasteiger partial charge in [0.05, 0.1) is 15.7 Å². The number of carbonyl (C=O) groups is 1. The second kappa shape index (κ2) is 8.63. The zero-order valence-corrected chi connectivity index (χ0v) is 17.3. The third kappa shape index (κ3) is 4.75. The van der Waals surface area contributed by atoms with E-state index in [0.717, 1.165) is 24.0 Å². The highest BCUT2D eigenvalue weighted by atomic mass is 35.5. The van der Waals surface area contributed by atoms with E-state index in [4.69, 9.17) is 33.0 Å². The molecule has 0 atom stereocenters. The van der Waals surface area contributed by atoms with Crippen LogP contribution in [-0.2, 0) is 31.2 Å². The molecule has 170 valence electrons. The number of rotatable bonds is 6. The maximum atomic E-state index is 13.0. The average molecular weight is 495 g/mol. The molecule has 0 saturated carbocycles. The number of carboxylic acid groups (broad SMARTS) is 1. The van der Waals surface area contributed by atoms with Crippen LogP contribution in [0.25, 0.3) is 5.69 Å². The summed E-state index contributed by atoms with van der Waals surface area (Å²) in [6.45, 7) is -0.862. The number of tetrazole rings is 1. The SMILES string of the molecule is Cn1c(C(F)(F)F)cc(=O)n(-c2cc(OCc3nnn(CC(=O)O)n3)c(Cl)cc2Cl)c1=O. The number of carboxylic acids is 1. The van der Waals surface area contributed by atoms with E-state index < -0.39 is 35.6 Å². The average Bonchev–Trinajstić information content (AvgIpc) is 3.11. The van der Waals surface area contributed by atoms with Gasteiger partial charge in [0.25, 0.3) is 5.56 Å². The molecule has 11 nitrogen and oxygen atoms in total. The smallest absolute Gasteiger partial charge is 0.431 e. The van der Waals surface area contributed by atoms with E-state index in [9.17, 15) is 27.6 Å². The minimum atomic E-state index is -4.92. The van der Waals surface area contributed by atoms with Crippen LogP contribution in [0.15, 0.2) is 27.8 Å². The first-order chi connectivity index (χ1) is 14.9. The van der Waals surface area contributed by atoms with Crippen LogP contribution in [0.5, 0.6) is 5.75 Å². The van der Waals surface area contributed by atoms with Crippen molar-refractivity contribution >= 4 is 29.2 Å². The van der Waals surface area contributed by atoms with Crippen molar-refractivity contribution in [2.45, 2.75) is 19.3 Å². The lowest BCUT2D eigenvalue weighted by Crippen LogP contribution is -2.40. The predicted molar refractivity (Wildman–Crippen MR) is 102 cm³/mol. The lowest BCUT2D eigenvalue weighted by Gasteiger charge is -2.15. The normalized spacial score (nSPS) is 11.6. The minimum Gasteiger partial charge on any atom is -0.484 e. The number of hydrogen-bond acceptors (Lipinski definition) is 7. The minimum absolute atomic E-state index is 0.0126. The van der Waals surface area contributed by atoms with E-state index in [1.54, 1.807) is 0 Å². The molecular formula is C16H11Cl2F3N6O5. The maximum Gasteiger partial charge on any atom is 0.431 e. The monoisotopic (exact) mass is 494 g/mol. The molecule has 0 spiro atoms. The molecule has 1 aromatic carbocycles. The molecule has 0 aliphatic heterocycles. The van der Waals surface area contributed by atoms with Crippen molar-refractivity contribution in [1.29, 1.82) is 0 Å². The topological polar surface area (TPSA) is 134 Å². The van der Waals surface area contributed by atoms with Crippen molar-refractivity contribution in [3.8, 4) is 11.4 Å². The zero-order valence-electron chi connectivity index (χ0n) is 15.8. The molecule has 2 heterocycles. The van der Waals surface area contributed by atoms with Gasteiger partial charge in [0.2, 0.25) is 5.82 Å². The maximum absolute atomic E-state index is 13.0. The molecule has 3 rings (SSSR count). The van der Waals surface area contributed by atoms with Gasteiger partial charge in [-0.2, -0.15) is 18.0 Å². The highest BCUT2D eigenvalue weighted by Crippen LogP contribution is 2.33. The molecule has 0 aliphatic carbocycles. The van der Waals surface area contributed by atoms with Crippen molar-refractivity contribution in [2.75, 3.05) is 0 Å². The van der Waals surface area contributed by atoms with E-state index in [1.165, 1.54) is 0 Å². The molecule has 0 amide bonds. The molecule has 0 unspecified atom stereocenters. The van der Waals surface area contributed by atoms with Gasteiger partial charge in [-0.1, -0.05) is 23.2 Å². The predicted octanol–water partition coefficient (Wildman–Crippen LogP) is 1.51. The fourth-order valence-electron chi connectivity index (χ4n) is 2.58. The first-order valence-corrected chi connectivity index (χ1v) is 9.15. The van der Waals surface area contributed by atoms with Crippen molar-refractivity contribution in [3.05, 3.63) is 60.6 Å². The van der Waals surface area contributed by atoms with Gasteiger partial charge in [-0.25, -0.2) is 9.36 Å². The molecule has 2 aromatic heterocycles. The van der Waals surface area contributed by atoms with Crippen molar-refractivity contribution in [1.82, 2.24) is 29.3 Å². The molecule has 0 saturated heterocycles. The standard InChI is InChI=1S/C16H11Cl2F3N6O5/c1-25-11(16(19,20)21)4-13(28)27(15(25)31)9-3-10(8(18)2-7(9)17)32-6-12-22-24-26(23-12)5-14(29)30/h2-4H,5-6H2,1H3,(H,29,30). The van der Waals surface area contributed by atoms with Crippen LogP contribution in [0.3, 0.4) is 0 Å². The Morgan fingerprint density at radius 3 is 2.50 bits per heavy atom. The number of aromatic nitrogens is 6. The summed E-state index contributed by atoms with van der Waals surface area (Å²) in [6, 6.07) is 2.48. The number of nitrogens with zero attached hydrogens (tertiary/aromatic N) is 6. The summed E-state index contributed by atoms with van der Waals surface area (Å²) in [5.41, 5.74) is -4.26. The largest absolute Gasteiger partial charge is 0.484 e. The summed E-state index contributed by atoms with van der Waals surface area (Å²) in [7, 11) is 0.856. The Hall–Kier alpha value is -3.39. The summed E-state index contributed by atoms with van der Waals surface area (Å²) in [5, 5.41) is 19.3. The van der Waals surface area contributed by atoms with Gasteiger partial charge in [0.15, 0.2) is 13.2 Å². The first kappa shape index (κ1) is 23.3. The first-order valence-electron chi connectivity index (χ1n) is 8.39. The van der Waals surface area contributed by atoms with E-state index in [2.05, 4.69) is 15.4 Å². The fourth-order valence-corrected chi connectivity index (χ4v) is 3.11. The summed E-state index contributed by atoms with van der Waals surface area (Å²) in [4.78, 5) is 36.3. The molecule has 16 heteroatoms. The number of benzene rings is 1. The van der Waals surface area contributed by atoms with E-state index >= 15 is 0 Å². The quantitative estimate of drug-likeness (QED) is 0.544. The van der Waals surface area contributed by atoms with Gasteiger partial charge in [-0.3, -0.25) is 14.2 Å². The number of ether oxygens (including phenoxy) is 1. The van der Waals surface area contributed by atoms with Gasteiger partial charge in [0, 0.05) is 19.2 Å². The van der Waals surface area contributed by atoms with E-state index in [-0.39, 0.29) is 44.5 Å². The van der Waals surface area contributed by atoms with Crippen LogP contribution in [-0.4, -0.2) is 40.4 Å². The Morgan fingerprint density at radius 1 is 1.19 bits per heavy atom. The molecule has 0 aliphatic rings. The van der Waals surface area contributed by atoms with Crippen LogP contribution in [0, 0.1) is 0 Å². The Labute approximate surface area is 185 Å². The number of aliphatic carboxylic acids is 1. The Kier molecular flexibility index (Phi) is 6.27. The number of alkyl halides is 3. The lowest BCUT2D eigenvalue weighted by molar-refractivity contribution is -0.144.